The molecule has 3 aromatic carbocycles. The van der Waals surface area contributed by atoms with Gasteiger partial charge in [0.2, 0.25) is 12.0 Å². The molecule has 15 nitrogen and oxygen atoms in total. The molecule has 1 saturated heterocycles. The summed E-state index contributed by atoms with van der Waals surface area (Å²) in [5.74, 6) is -2.28. The number of fused-ring (bicyclic) bond motifs is 1. The first-order valence-corrected chi connectivity index (χ1v) is 14.1. The van der Waals surface area contributed by atoms with Gasteiger partial charge in [0.05, 0.1) is 25.8 Å². The van der Waals surface area contributed by atoms with Crippen LogP contribution in [-0.4, -0.2) is 103 Å². The molecule has 9 N–H and O–H groups in total. The second kappa shape index (κ2) is 13.6. The highest BCUT2D eigenvalue weighted by Crippen LogP contribution is 2.48. The predicted molar refractivity (Wildman–Crippen MR) is 161 cm³/mol. The highest BCUT2D eigenvalue weighted by atomic mass is 16.7. The van der Waals surface area contributed by atoms with Crippen molar-refractivity contribution in [1.29, 1.82) is 0 Å². The Bertz CT molecular complexity index is 1670. The van der Waals surface area contributed by atoms with Crippen molar-refractivity contribution in [3.8, 4) is 46.0 Å². The van der Waals surface area contributed by atoms with Gasteiger partial charge < -0.3 is 69.3 Å². The van der Waals surface area contributed by atoms with Gasteiger partial charge in [0.25, 0.3) is 11.9 Å². The highest BCUT2D eigenvalue weighted by molar-refractivity contribution is 5.87. The Morgan fingerprint density at radius 3 is 2.23 bits per heavy atom. The van der Waals surface area contributed by atoms with Crippen molar-refractivity contribution >= 4 is 18.1 Å². The standard InChI is InChI=1S/C32H32O15/c1-42-22-8-15(9-23(43-2)27(22)38)31-24(12-17-19(35)10-16(33)11-21(17)45-31)46-32-30(41)29(40)28(39)25(47-32)13-44-26(37)6-4-14-3-5-18(34)20(36)7-14/h3-12,25,28-36,38-41H,13H2,1-2H3/p+1. The highest BCUT2D eigenvalue weighted by Gasteiger charge is 2.47. The first kappa shape index (κ1) is 33.0. The first-order valence-electron chi connectivity index (χ1n) is 14.1. The fourth-order valence-electron chi connectivity index (χ4n) is 5.00. The number of benzene rings is 3. The molecule has 2 aliphatic rings. The van der Waals surface area contributed by atoms with Crippen LogP contribution in [-0.2, 0) is 19.0 Å². The Hall–Kier alpha value is -5.35. The maximum Gasteiger partial charge on any atom is 0.330 e. The van der Waals surface area contributed by atoms with E-state index < -0.39 is 49.4 Å². The van der Waals surface area contributed by atoms with Crippen LogP contribution in [0.15, 0.2) is 54.3 Å². The maximum absolute atomic E-state index is 12.4. The molecule has 0 bridgehead atoms. The van der Waals surface area contributed by atoms with Crippen molar-refractivity contribution < 1.29 is 74.1 Å². The smallest absolute Gasteiger partial charge is 0.330 e. The van der Waals surface area contributed by atoms with Gasteiger partial charge in [0.1, 0.15) is 48.1 Å². The van der Waals surface area contributed by atoms with Gasteiger partial charge in [-0.05, 0) is 35.9 Å². The van der Waals surface area contributed by atoms with E-state index in [0.29, 0.717) is 11.1 Å². The van der Waals surface area contributed by atoms with Crippen molar-refractivity contribution in [2.75, 3.05) is 20.8 Å². The van der Waals surface area contributed by atoms with Gasteiger partial charge in [0, 0.05) is 18.2 Å². The van der Waals surface area contributed by atoms with E-state index in [2.05, 4.69) is 4.74 Å². The van der Waals surface area contributed by atoms with Crippen molar-refractivity contribution in [2.24, 2.45) is 0 Å². The van der Waals surface area contributed by atoms with Crippen LogP contribution in [0.3, 0.4) is 0 Å². The molecule has 5 rings (SSSR count). The monoisotopic (exact) mass is 657 g/mol. The molecule has 2 heterocycles. The molecule has 6 unspecified atom stereocenters. The third-order valence-corrected chi connectivity index (χ3v) is 7.49. The Morgan fingerprint density at radius 2 is 1.57 bits per heavy atom. The fourth-order valence-corrected chi connectivity index (χ4v) is 5.00. The third kappa shape index (κ3) is 6.92. The largest absolute Gasteiger partial charge is 0.571 e. The van der Waals surface area contributed by atoms with E-state index in [1.54, 1.807) is 0 Å². The van der Waals surface area contributed by atoms with E-state index >= 15 is 0 Å². The van der Waals surface area contributed by atoms with Gasteiger partial charge in [-0.25, -0.2) is 4.79 Å². The molecule has 15 heteroatoms. The summed E-state index contributed by atoms with van der Waals surface area (Å²) in [6.45, 7) is -0.573. The second-order valence-corrected chi connectivity index (χ2v) is 10.6. The Morgan fingerprint density at radius 1 is 0.872 bits per heavy atom. The zero-order chi connectivity index (χ0) is 34.0. The summed E-state index contributed by atoms with van der Waals surface area (Å²) in [5.41, 5.74) is 0.879. The van der Waals surface area contributed by atoms with E-state index in [4.69, 9.17) is 23.7 Å². The molecule has 0 saturated carbocycles. The molecule has 250 valence electrons. The van der Waals surface area contributed by atoms with Gasteiger partial charge in [-0.15, -0.1) is 0 Å². The van der Waals surface area contributed by atoms with E-state index in [1.807, 2.05) is 0 Å². The minimum absolute atomic E-state index is 0.0308. The number of rotatable bonds is 9. The number of carbonyl (C=O) groups excluding carboxylic acids is 1. The number of aliphatic hydroxyl groups excluding tert-OH is 3. The van der Waals surface area contributed by atoms with E-state index in [9.17, 15) is 45.6 Å². The third-order valence-electron chi connectivity index (χ3n) is 7.49. The minimum Gasteiger partial charge on any atom is -0.571 e. The van der Waals surface area contributed by atoms with Crippen LogP contribution in [0.5, 0.6) is 46.0 Å². The van der Waals surface area contributed by atoms with E-state index in [0.717, 1.165) is 12.1 Å². The van der Waals surface area contributed by atoms with E-state index in [-0.39, 0.29) is 57.3 Å². The van der Waals surface area contributed by atoms with Crippen molar-refractivity contribution in [3.63, 3.8) is 0 Å². The van der Waals surface area contributed by atoms with Gasteiger partial charge in [-0.1, -0.05) is 6.07 Å². The molecular weight excluding hydrogens is 624 g/mol. The lowest BCUT2D eigenvalue weighted by Crippen LogP contribution is -2.59. The molecule has 47 heavy (non-hydrogen) atoms. The molecule has 0 aliphatic carbocycles. The van der Waals surface area contributed by atoms with Crippen LogP contribution in [0.4, 0.5) is 0 Å². The summed E-state index contributed by atoms with van der Waals surface area (Å²) in [6, 6.07) is 9.18. The first-order chi connectivity index (χ1) is 22.4. The summed E-state index contributed by atoms with van der Waals surface area (Å²) in [7, 11) is 2.66. The minimum atomic E-state index is -1.81. The molecule has 1 fully saturated rings. The average Bonchev–Trinajstić information content (AvgIpc) is 3.05. The summed E-state index contributed by atoms with van der Waals surface area (Å²) in [6.07, 6.45) is -5.69. The zero-order valence-electron chi connectivity index (χ0n) is 24.9. The Balaban J connectivity index is 1.39. The summed E-state index contributed by atoms with van der Waals surface area (Å²) < 4.78 is 32.0. The number of esters is 1. The molecular formula is C32H33O15+. The van der Waals surface area contributed by atoms with Crippen LogP contribution in [0.1, 0.15) is 22.8 Å². The normalized spacial score (nSPS) is 23.7. The molecule has 0 aromatic heterocycles. The van der Waals surface area contributed by atoms with Crippen molar-refractivity contribution in [2.45, 2.75) is 36.8 Å². The molecule has 0 spiro atoms. The van der Waals surface area contributed by atoms with Gasteiger partial charge in [-0.2, -0.15) is 0 Å². The molecule has 3 aromatic rings. The number of phenolic OH excluding ortho intramolecular Hbond substituents is 5. The molecule has 6 atom stereocenters. The lowest BCUT2D eigenvalue weighted by atomic mass is 9.98. The van der Waals surface area contributed by atoms with Crippen LogP contribution in [0.25, 0.3) is 12.2 Å². The zero-order valence-corrected chi connectivity index (χ0v) is 24.9. The number of hydrogen-bond donors (Lipinski definition) is 8. The molecule has 0 amide bonds. The topological polar surface area (TPSA) is 238 Å². The summed E-state index contributed by atoms with van der Waals surface area (Å²) >= 11 is 0. The fraction of sp³-hybridized carbons (Fsp3) is 0.281. The predicted octanol–water partition coefficient (Wildman–Crippen LogP) is 1.65. The Labute approximate surface area is 266 Å². The van der Waals surface area contributed by atoms with Crippen LogP contribution in [0.2, 0.25) is 0 Å². The maximum atomic E-state index is 12.4. The summed E-state index contributed by atoms with van der Waals surface area (Å²) in [5, 5.41) is 82.1. The number of methoxy groups -OCH3 is 2. The second-order valence-electron chi connectivity index (χ2n) is 10.6. The lowest BCUT2D eigenvalue weighted by Gasteiger charge is -2.40. The van der Waals surface area contributed by atoms with Crippen molar-refractivity contribution in [3.05, 3.63) is 71.0 Å². The number of ether oxygens (including phenoxy) is 6. The number of phenols is 5. The van der Waals surface area contributed by atoms with Gasteiger partial charge >= 0.3 is 5.97 Å². The quantitative estimate of drug-likeness (QED) is 0.0707. The number of carbonyl (C=O) groups is 1. The van der Waals surface area contributed by atoms with Gasteiger partial charge in [-0.3, -0.25) is 0 Å². The Kier molecular flexibility index (Phi) is 9.53. The molecule has 0 radical (unpaired) electrons. The van der Waals surface area contributed by atoms with Crippen LogP contribution < -0.4 is 9.47 Å². The molecule has 2 aliphatic heterocycles. The van der Waals surface area contributed by atoms with Gasteiger partial charge in [0.15, 0.2) is 28.8 Å². The average molecular weight is 658 g/mol. The number of hydrogen-bond acceptors (Lipinski definition) is 14. The number of aliphatic hydroxyl groups is 4. The van der Waals surface area contributed by atoms with E-state index in [1.165, 1.54) is 62.8 Å². The summed E-state index contributed by atoms with van der Waals surface area (Å²) in [4.78, 5) is 12.4. The number of aromatic hydroxyl groups is 6. The lowest BCUT2D eigenvalue weighted by molar-refractivity contribution is -0.296. The SMILES string of the molecule is COc1cc(C2[OH+]c3cc(O)cc(O)c3C=C2OC2OC(COC(=O)C=Cc3ccc(O)c(O)c3)C(O)C(O)C2O)cc(OC)c1O. The van der Waals surface area contributed by atoms with Crippen LogP contribution >= 0.6 is 0 Å². The van der Waals surface area contributed by atoms with Crippen molar-refractivity contribution in [1.82, 2.24) is 0 Å². The van der Waals surface area contributed by atoms with Crippen LogP contribution in [0, 0.1) is 0 Å².